The maximum atomic E-state index is 12.6. The zero-order chi connectivity index (χ0) is 14.9. The first kappa shape index (κ1) is 14.5. The smallest absolute Gasteiger partial charge is 0.251 e. The topological polar surface area (TPSA) is 32.9 Å². The molecule has 1 aliphatic carbocycles. The van der Waals surface area contributed by atoms with Crippen molar-refractivity contribution in [3.63, 3.8) is 0 Å². The zero-order valence-electron chi connectivity index (χ0n) is 12.1. The summed E-state index contributed by atoms with van der Waals surface area (Å²) in [4.78, 5) is 15.1. The molecule has 0 bridgehead atoms. The highest BCUT2D eigenvalue weighted by atomic mass is 19.1. The van der Waals surface area contributed by atoms with Gasteiger partial charge in [0.2, 0.25) is 0 Å². The number of nitrogens with one attached hydrogen (secondary N) is 1. The molecule has 0 saturated carbocycles. The Bertz CT molecular complexity index is 649. The largest absolute Gasteiger partial charge is 0.325 e. The summed E-state index contributed by atoms with van der Waals surface area (Å²) in [5, 5.41) is 0. The number of aryl methyl sites for hydroxylation is 1. The Morgan fingerprint density at radius 1 is 1.45 bits per heavy atom. The van der Waals surface area contributed by atoms with Crippen molar-refractivity contribution in [2.24, 2.45) is 0 Å². The molecule has 2 rings (SSSR count). The van der Waals surface area contributed by atoms with E-state index in [2.05, 4.69) is 32.0 Å². The minimum atomic E-state index is -0.518. The van der Waals surface area contributed by atoms with Gasteiger partial charge in [0.15, 0.2) is 0 Å². The number of hydrogen-bond acceptors (Lipinski definition) is 1. The number of hydrogen-bond donors (Lipinski definition) is 1. The number of rotatable bonds is 4. The molecule has 106 valence electrons. The number of pyridine rings is 1. The van der Waals surface area contributed by atoms with Gasteiger partial charge in [-0.15, -0.1) is 0 Å². The summed E-state index contributed by atoms with van der Waals surface area (Å²) in [6.07, 6.45) is 5.26. The highest BCUT2D eigenvalue weighted by Gasteiger charge is 2.31. The van der Waals surface area contributed by atoms with E-state index < -0.39 is 5.83 Å². The van der Waals surface area contributed by atoms with Crippen LogP contribution in [0.3, 0.4) is 0 Å². The highest BCUT2D eigenvalue weighted by molar-refractivity contribution is 5.37. The van der Waals surface area contributed by atoms with Gasteiger partial charge in [-0.25, -0.2) is 4.39 Å². The van der Waals surface area contributed by atoms with E-state index >= 15 is 0 Å². The van der Waals surface area contributed by atoms with Gasteiger partial charge in [0, 0.05) is 23.1 Å². The summed E-state index contributed by atoms with van der Waals surface area (Å²) in [5.41, 5.74) is 3.58. The Labute approximate surface area is 118 Å². The molecule has 0 saturated heterocycles. The molecule has 0 amide bonds. The zero-order valence-corrected chi connectivity index (χ0v) is 12.1. The first-order chi connectivity index (χ1) is 9.29. The van der Waals surface area contributed by atoms with E-state index in [9.17, 15) is 9.18 Å². The first-order valence-corrected chi connectivity index (χ1v) is 6.75. The van der Waals surface area contributed by atoms with Gasteiger partial charge in [0.25, 0.3) is 5.56 Å². The number of aromatic nitrogens is 1. The Morgan fingerprint density at radius 3 is 2.80 bits per heavy atom. The van der Waals surface area contributed by atoms with E-state index in [0.717, 1.165) is 18.5 Å². The summed E-state index contributed by atoms with van der Waals surface area (Å²) in [6.45, 7) is 11.3. The lowest BCUT2D eigenvalue weighted by molar-refractivity contribution is 0.508. The molecule has 0 atom stereocenters. The maximum absolute atomic E-state index is 12.6. The summed E-state index contributed by atoms with van der Waals surface area (Å²) >= 11 is 0. The van der Waals surface area contributed by atoms with Crippen molar-refractivity contribution < 1.29 is 4.39 Å². The highest BCUT2D eigenvalue weighted by Crippen LogP contribution is 2.36. The van der Waals surface area contributed by atoms with Gasteiger partial charge >= 0.3 is 0 Å². The van der Waals surface area contributed by atoms with Crippen LogP contribution < -0.4 is 5.56 Å². The second-order valence-electron chi connectivity index (χ2n) is 6.02. The Kier molecular flexibility index (Phi) is 3.80. The van der Waals surface area contributed by atoms with Crippen molar-refractivity contribution in [1.82, 2.24) is 4.98 Å². The van der Waals surface area contributed by atoms with Crippen LogP contribution >= 0.6 is 0 Å². The minimum Gasteiger partial charge on any atom is -0.325 e. The van der Waals surface area contributed by atoms with E-state index in [-0.39, 0.29) is 11.0 Å². The number of aromatic amines is 1. The molecule has 1 aromatic rings. The number of H-pyrrole nitrogens is 1. The van der Waals surface area contributed by atoms with Gasteiger partial charge in [-0.1, -0.05) is 38.7 Å². The molecule has 1 N–H and O–H groups in total. The Morgan fingerprint density at radius 2 is 2.15 bits per heavy atom. The van der Waals surface area contributed by atoms with Crippen LogP contribution in [0.5, 0.6) is 0 Å². The summed E-state index contributed by atoms with van der Waals surface area (Å²) in [6, 6.07) is 1.96. The maximum Gasteiger partial charge on any atom is 0.251 e. The Balaban J connectivity index is 2.26. The molecule has 0 aliphatic heterocycles. The average molecular weight is 273 g/mol. The van der Waals surface area contributed by atoms with Gasteiger partial charge in [0.05, 0.1) is 0 Å². The quantitative estimate of drug-likeness (QED) is 0.833. The van der Waals surface area contributed by atoms with Crippen molar-refractivity contribution in [3.8, 4) is 0 Å². The van der Waals surface area contributed by atoms with E-state index in [1.165, 1.54) is 11.6 Å². The third-order valence-corrected chi connectivity index (χ3v) is 3.81. The normalized spacial score (nSPS) is 16.4. The number of allylic oxidation sites excluding steroid dienone is 4. The number of halogens is 1. The molecule has 0 radical (unpaired) electrons. The molecule has 0 fully saturated rings. The van der Waals surface area contributed by atoms with E-state index in [4.69, 9.17) is 0 Å². The predicted octanol–water partition coefficient (Wildman–Crippen LogP) is 3.74. The van der Waals surface area contributed by atoms with Crippen LogP contribution in [0.15, 0.2) is 47.6 Å². The van der Waals surface area contributed by atoms with Crippen molar-refractivity contribution in [1.29, 1.82) is 0 Å². The molecule has 2 nitrogen and oxygen atoms in total. The minimum absolute atomic E-state index is 0.0376. The van der Waals surface area contributed by atoms with Crippen LogP contribution in [0.1, 0.15) is 37.1 Å². The van der Waals surface area contributed by atoms with Crippen molar-refractivity contribution in [2.45, 2.75) is 38.5 Å². The van der Waals surface area contributed by atoms with E-state index in [0.29, 0.717) is 17.6 Å². The summed E-state index contributed by atoms with van der Waals surface area (Å²) in [7, 11) is 0. The predicted molar refractivity (Wildman–Crippen MR) is 80.6 cm³/mol. The fraction of sp³-hybridized carbons (Fsp3) is 0.353. The Hall–Kier alpha value is -1.90. The van der Waals surface area contributed by atoms with Crippen LogP contribution in [-0.4, -0.2) is 4.98 Å². The second kappa shape index (κ2) is 5.23. The van der Waals surface area contributed by atoms with Gasteiger partial charge in [-0.2, -0.15) is 0 Å². The fourth-order valence-electron chi connectivity index (χ4n) is 2.64. The summed E-state index contributed by atoms with van der Waals surface area (Å²) in [5.74, 6) is -0.518. The number of fused-ring (bicyclic) bond motifs is 1. The molecule has 20 heavy (non-hydrogen) atoms. The van der Waals surface area contributed by atoms with Gasteiger partial charge < -0.3 is 4.98 Å². The average Bonchev–Trinajstić information content (AvgIpc) is 2.63. The van der Waals surface area contributed by atoms with Gasteiger partial charge in [0.1, 0.15) is 5.83 Å². The monoisotopic (exact) mass is 273 g/mol. The summed E-state index contributed by atoms with van der Waals surface area (Å²) < 4.78 is 12.6. The molecule has 1 heterocycles. The van der Waals surface area contributed by atoms with Crippen LogP contribution in [0.25, 0.3) is 0 Å². The van der Waals surface area contributed by atoms with Crippen LogP contribution in [-0.2, 0) is 18.3 Å². The molecule has 1 aliphatic rings. The molecule has 0 aromatic carbocycles. The van der Waals surface area contributed by atoms with Gasteiger partial charge in [-0.05, 0) is 30.5 Å². The van der Waals surface area contributed by atoms with Gasteiger partial charge in [-0.3, -0.25) is 4.79 Å². The van der Waals surface area contributed by atoms with Crippen LogP contribution in [0, 0.1) is 0 Å². The first-order valence-electron chi connectivity index (χ1n) is 6.75. The van der Waals surface area contributed by atoms with Crippen molar-refractivity contribution in [2.75, 3.05) is 0 Å². The van der Waals surface area contributed by atoms with Crippen LogP contribution in [0.2, 0.25) is 0 Å². The standard InChI is InChI=1S/C17H20FNO/c1-11(5-6-12(2)18)9-14-10-13-7-8-17(3,4)15(13)19-16(14)20/h5-6,10H,1-2,7-9H2,3-4H3,(H,19,20)/b6-5-. The van der Waals surface area contributed by atoms with Crippen LogP contribution in [0.4, 0.5) is 4.39 Å². The molecular weight excluding hydrogens is 253 g/mol. The molecule has 0 unspecified atom stereocenters. The lowest BCUT2D eigenvalue weighted by Crippen LogP contribution is -2.21. The SMILES string of the molecule is C=C(F)/C=C\C(=C)Cc1cc2c([nH]c1=O)C(C)(C)CC2. The van der Waals surface area contributed by atoms with E-state index in [1.807, 2.05) is 6.07 Å². The van der Waals surface area contributed by atoms with Crippen molar-refractivity contribution in [3.05, 3.63) is 70.0 Å². The van der Waals surface area contributed by atoms with E-state index in [1.54, 1.807) is 6.08 Å². The molecule has 1 aromatic heterocycles. The molecular formula is C17H20FNO. The third-order valence-electron chi connectivity index (χ3n) is 3.81. The second-order valence-corrected chi connectivity index (χ2v) is 6.02. The lowest BCUT2D eigenvalue weighted by Gasteiger charge is -2.18. The third kappa shape index (κ3) is 2.98. The molecule has 3 heteroatoms. The van der Waals surface area contributed by atoms with Crippen molar-refractivity contribution >= 4 is 0 Å². The lowest BCUT2D eigenvalue weighted by atomic mass is 9.90. The molecule has 0 spiro atoms. The fourth-order valence-corrected chi connectivity index (χ4v) is 2.64.